The lowest BCUT2D eigenvalue weighted by molar-refractivity contribution is 0.102. The molecule has 23 heavy (non-hydrogen) atoms. The zero-order valence-electron chi connectivity index (χ0n) is 12.1. The molecule has 2 N–H and O–H groups in total. The number of benzene rings is 2. The van der Waals surface area contributed by atoms with Crippen LogP contribution in [0.2, 0.25) is 5.02 Å². The van der Waals surface area contributed by atoms with Crippen LogP contribution >= 0.6 is 11.6 Å². The van der Waals surface area contributed by atoms with Gasteiger partial charge in [-0.1, -0.05) is 11.6 Å². The van der Waals surface area contributed by atoms with Gasteiger partial charge in [0, 0.05) is 5.56 Å². The van der Waals surface area contributed by atoms with Crippen LogP contribution < -0.4 is 10.1 Å². The molecule has 0 aliphatic heterocycles. The Morgan fingerprint density at radius 3 is 2.39 bits per heavy atom. The Kier molecular flexibility index (Phi) is 5.25. The number of ether oxygens (including phenoxy) is 1. The van der Waals surface area contributed by atoms with Crippen molar-refractivity contribution in [3.8, 4) is 5.75 Å². The van der Waals surface area contributed by atoms with Gasteiger partial charge in [-0.05, 0) is 49.4 Å². The second-order valence-electron chi connectivity index (χ2n) is 4.53. The van der Waals surface area contributed by atoms with E-state index in [1.807, 2.05) is 6.92 Å². The van der Waals surface area contributed by atoms with E-state index in [-0.39, 0.29) is 15.6 Å². The number of carbonyl (C=O) groups excluding carboxylic acids is 1. The molecule has 2 aromatic rings. The minimum atomic E-state index is -4.34. The molecule has 6 nitrogen and oxygen atoms in total. The minimum Gasteiger partial charge on any atom is -0.494 e. The molecule has 0 fully saturated rings. The van der Waals surface area contributed by atoms with Gasteiger partial charge in [0.2, 0.25) is 0 Å². The summed E-state index contributed by atoms with van der Waals surface area (Å²) in [5.41, 5.74) is 0.626. The van der Waals surface area contributed by atoms with Gasteiger partial charge in [0.05, 0.1) is 22.2 Å². The van der Waals surface area contributed by atoms with Crippen molar-refractivity contribution in [2.75, 3.05) is 11.9 Å². The van der Waals surface area contributed by atoms with Gasteiger partial charge in [-0.15, -0.1) is 0 Å². The fourth-order valence-electron chi connectivity index (χ4n) is 1.82. The molecule has 122 valence electrons. The second kappa shape index (κ2) is 6.99. The van der Waals surface area contributed by atoms with Gasteiger partial charge in [-0.25, -0.2) is 0 Å². The molecule has 0 saturated carbocycles. The van der Waals surface area contributed by atoms with Crippen LogP contribution in [0.4, 0.5) is 5.69 Å². The molecule has 0 unspecified atom stereocenters. The molecular weight excluding hydrogens is 342 g/mol. The van der Waals surface area contributed by atoms with Gasteiger partial charge in [0.1, 0.15) is 5.75 Å². The average molecular weight is 356 g/mol. The molecule has 0 heterocycles. The molecule has 0 atom stereocenters. The molecule has 0 aromatic heterocycles. The zero-order valence-corrected chi connectivity index (χ0v) is 13.7. The Labute approximate surface area is 138 Å². The summed E-state index contributed by atoms with van der Waals surface area (Å²) in [6.45, 7) is 2.39. The molecule has 0 radical (unpaired) electrons. The number of nitrogens with one attached hydrogen (secondary N) is 1. The van der Waals surface area contributed by atoms with Crippen LogP contribution in [-0.4, -0.2) is 25.5 Å². The normalized spacial score (nSPS) is 11.1. The Morgan fingerprint density at radius 1 is 1.22 bits per heavy atom. The van der Waals surface area contributed by atoms with E-state index in [1.54, 1.807) is 24.3 Å². The molecule has 2 aromatic carbocycles. The maximum atomic E-state index is 12.1. The van der Waals surface area contributed by atoms with Crippen molar-refractivity contribution in [3.05, 3.63) is 53.1 Å². The maximum absolute atomic E-state index is 12.1. The first-order valence-electron chi connectivity index (χ1n) is 6.62. The molecule has 0 spiro atoms. The van der Waals surface area contributed by atoms with E-state index < -0.39 is 16.0 Å². The highest BCUT2D eigenvalue weighted by molar-refractivity contribution is 7.85. The predicted molar refractivity (Wildman–Crippen MR) is 86.8 cm³/mol. The van der Waals surface area contributed by atoms with E-state index in [2.05, 4.69) is 5.32 Å². The fourth-order valence-corrected chi connectivity index (χ4v) is 2.62. The van der Waals surface area contributed by atoms with Crippen molar-refractivity contribution in [3.63, 3.8) is 0 Å². The van der Waals surface area contributed by atoms with E-state index in [4.69, 9.17) is 20.9 Å². The first-order valence-corrected chi connectivity index (χ1v) is 8.44. The van der Waals surface area contributed by atoms with Gasteiger partial charge in [0.15, 0.2) is 0 Å². The third-order valence-corrected chi connectivity index (χ3v) is 4.08. The van der Waals surface area contributed by atoms with Gasteiger partial charge in [-0.3, -0.25) is 9.35 Å². The quantitative estimate of drug-likeness (QED) is 0.803. The topological polar surface area (TPSA) is 92.7 Å². The molecule has 0 saturated heterocycles. The monoisotopic (exact) mass is 355 g/mol. The van der Waals surface area contributed by atoms with Crippen molar-refractivity contribution in [1.29, 1.82) is 0 Å². The zero-order chi connectivity index (χ0) is 17.0. The van der Waals surface area contributed by atoms with Crippen molar-refractivity contribution in [2.24, 2.45) is 0 Å². The predicted octanol–water partition coefficient (Wildman–Crippen LogP) is 3.24. The van der Waals surface area contributed by atoms with Gasteiger partial charge >= 0.3 is 0 Å². The number of halogens is 1. The summed E-state index contributed by atoms with van der Waals surface area (Å²) in [5, 5.41) is 2.57. The third-order valence-electron chi connectivity index (χ3n) is 2.91. The van der Waals surface area contributed by atoms with E-state index in [9.17, 15) is 13.2 Å². The van der Waals surface area contributed by atoms with Crippen LogP contribution in [-0.2, 0) is 10.1 Å². The van der Waals surface area contributed by atoms with Crippen LogP contribution in [0.15, 0.2) is 47.4 Å². The van der Waals surface area contributed by atoms with Crippen molar-refractivity contribution < 1.29 is 22.5 Å². The summed E-state index contributed by atoms with van der Waals surface area (Å²) < 4.78 is 36.3. The number of amides is 1. The number of hydrogen-bond donors (Lipinski definition) is 2. The van der Waals surface area contributed by atoms with E-state index >= 15 is 0 Å². The Hall–Kier alpha value is -2.09. The van der Waals surface area contributed by atoms with E-state index in [0.29, 0.717) is 17.9 Å². The molecule has 0 aliphatic carbocycles. The second-order valence-corrected chi connectivity index (χ2v) is 6.36. The molecule has 0 aliphatic rings. The maximum Gasteiger partial charge on any atom is 0.294 e. The van der Waals surface area contributed by atoms with Crippen LogP contribution in [0.3, 0.4) is 0 Å². The van der Waals surface area contributed by atoms with E-state index in [1.165, 1.54) is 6.07 Å². The third kappa shape index (κ3) is 4.44. The Morgan fingerprint density at radius 2 is 1.87 bits per heavy atom. The fraction of sp³-hybridized carbons (Fsp3) is 0.133. The molecule has 2 rings (SSSR count). The van der Waals surface area contributed by atoms with E-state index in [0.717, 1.165) is 12.1 Å². The van der Waals surface area contributed by atoms with Crippen molar-refractivity contribution in [1.82, 2.24) is 0 Å². The smallest absolute Gasteiger partial charge is 0.294 e. The summed E-state index contributed by atoms with van der Waals surface area (Å²) in [6.07, 6.45) is 0. The highest BCUT2D eigenvalue weighted by atomic mass is 35.5. The first kappa shape index (κ1) is 17.3. The average Bonchev–Trinajstić information content (AvgIpc) is 2.49. The van der Waals surface area contributed by atoms with Crippen molar-refractivity contribution in [2.45, 2.75) is 11.8 Å². The number of anilines is 1. The highest BCUT2D eigenvalue weighted by Gasteiger charge is 2.14. The lowest BCUT2D eigenvalue weighted by atomic mass is 10.2. The first-order chi connectivity index (χ1) is 10.8. The van der Waals surface area contributed by atoms with Gasteiger partial charge in [-0.2, -0.15) is 8.42 Å². The number of rotatable bonds is 5. The molecule has 0 bridgehead atoms. The van der Waals surface area contributed by atoms with Gasteiger partial charge < -0.3 is 10.1 Å². The van der Waals surface area contributed by atoms with Crippen LogP contribution in [0.5, 0.6) is 5.75 Å². The van der Waals surface area contributed by atoms with Crippen LogP contribution in [0.25, 0.3) is 0 Å². The summed E-state index contributed by atoms with van der Waals surface area (Å²) in [5.74, 6) is 0.245. The summed E-state index contributed by atoms with van der Waals surface area (Å²) in [7, 11) is -4.34. The largest absolute Gasteiger partial charge is 0.494 e. The standard InChI is InChI=1S/C15H14ClNO5S/c1-2-22-11-5-3-10(4-6-11)15(18)17-14-8-7-12(9-13(14)16)23(19,20)21/h3-9H,2H2,1H3,(H,17,18)(H,19,20,21). The molecule has 1 amide bonds. The molecular formula is C15H14ClNO5S. The summed E-state index contributed by atoms with van der Waals surface area (Å²) in [6, 6.07) is 10.0. The SMILES string of the molecule is CCOc1ccc(C(=O)Nc2ccc(S(=O)(=O)O)cc2Cl)cc1. The van der Waals surface area contributed by atoms with Crippen molar-refractivity contribution >= 4 is 33.3 Å². The Bertz CT molecular complexity index is 818. The Balaban J connectivity index is 2.17. The summed E-state index contributed by atoms with van der Waals surface area (Å²) in [4.78, 5) is 11.8. The lowest BCUT2D eigenvalue weighted by Crippen LogP contribution is -2.12. The summed E-state index contributed by atoms with van der Waals surface area (Å²) >= 11 is 5.92. The number of hydrogen-bond acceptors (Lipinski definition) is 4. The molecule has 8 heteroatoms. The highest BCUT2D eigenvalue weighted by Crippen LogP contribution is 2.26. The number of carbonyl (C=O) groups is 1. The lowest BCUT2D eigenvalue weighted by Gasteiger charge is -2.09. The van der Waals surface area contributed by atoms with Gasteiger partial charge in [0.25, 0.3) is 16.0 Å². The van der Waals surface area contributed by atoms with Crippen LogP contribution in [0.1, 0.15) is 17.3 Å². The van der Waals surface area contributed by atoms with Crippen LogP contribution in [0, 0.1) is 0 Å². The minimum absolute atomic E-state index is 0.000545.